The molecule has 0 bridgehead atoms. The molecule has 0 aliphatic carbocycles. The van der Waals surface area contributed by atoms with Crippen LogP contribution in [0.1, 0.15) is 24.0 Å². The summed E-state index contributed by atoms with van der Waals surface area (Å²) in [6.45, 7) is 0. The van der Waals surface area contributed by atoms with Gasteiger partial charge < -0.3 is 0 Å². The second-order valence-corrected chi connectivity index (χ2v) is 7.17. The molecular weight excluding hydrogens is 324 g/mol. The van der Waals surface area contributed by atoms with Gasteiger partial charge in [0.15, 0.2) is 0 Å². The zero-order valence-corrected chi connectivity index (χ0v) is 13.9. The number of nitrogens with zero attached hydrogens (tertiary/aromatic N) is 2. The van der Waals surface area contributed by atoms with Crippen molar-refractivity contribution < 1.29 is 13.0 Å². The summed E-state index contributed by atoms with van der Waals surface area (Å²) in [5.41, 5.74) is 2.13. The molecule has 3 rings (SSSR count). The van der Waals surface area contributed by atoms with Gasteiger partial charge in [-0.15, -0.1) is 0 Å². The van der Waals surface area contributed by atoms with Gasteiger partial charge in [0.05, 0.1) is 5.71 Å². The second-order valence-electron chi connectivity index (χ2n) is 5.65. The molecule has 2 aromatic carbocycles. The van der Waals surface area contributed by atoms with E-state index >= 15 is 0 Å². The third kappa shape index (κ3) is 3.29. The van der Waals surface area contributed by atoms with Gasteiger partial charge in [-0.1, -0.05) is 60.7 Å². The fraction of sp³-hybridized carbons (Fsp3) is 0.222. The summed E-state index contributed by atoms with van der Waals surface area (Å²) in [5.74, 6) is 0. The van der Waals surface area contributed by atoms with E-state index in [4.69, 9.17) is 0 Å². The standard InChI is InChI=1S/C18H18N2O3S/c21-24(22,23)18(16-11-5-2-6-12-16)19-14-17(20-18)13-7-10-15-8-3-1-4-9-15/h1-6,8-9,11-12,14H,7,10,13H2,(H,21,22,23). The van der Waals surface area contributed by atoms with Crippen molar-refractivity contribution in [2.45, 2.75) is 24.3 Å². The van der Waals surface area contributed by atoms with Crippen LogP contribution in [-0.4, -0.2) is 24.9 Å². The molecule has 1 atom stereocenters. The SMILES string of the molecule is O=S(=O)(O)C1(c2ccccc2)N=CC(CCCc2ccccc2)=N1. The lowest BCUT2D eigenvalue weighted by Crippen LogP contribution is -2.30. The van der Waals surface area contributed by atoms with Gasteiger partial charge in [0.25, 0.3) is 0 Å². The Morgan fingerprint density at radius 3 is 2.17 bits per heavy atom. The highest BCUT2D eigenvalue weighted by Crippen LogP contribution is 2.36. The average molecular weight is 342 g/mol. The Hall–Kier alpha value is -2.31. The zero-order chi connectivity index (χ0) is 17.0. The molecular formula is C18H18N2O3S. The lowest BCUT2D eigenvalue weighted by atomic mass is 10.1. The van der Waals surface area contributed by atoms with Crippen LogP contribution in [-0.2, 0) is 21.5 Å². The molecule has 0 saturated carbocycles. The van der Waals surface area contributed by atoms with E-state index in [0.29, 0.717) is 17.7 Å². The minimum Gasteiger partial charge on any atom is -0.282 e. The van der Waals surface area contributed by atoms with Crippen molar-refractivity contribution in [2.75, 3.05) is 0 Å². The molecule has 0 saturated heterocycles. The summed E-state index contributed by atoms with van der Waals surface area (Å²) >= 11 is 0. The van der Waals surface area contributed by atoms with Gasteiger partial charge in [0.2, 0.25) is 0 Å². The fourth-order valence-electron chi connectivity index (χ4n) is 2.72. The molecule has 1 aliphatic heterocycles. The number of rotatable bonds is 6. The molecule has 124 valence electrons. The van der Waals surface area contributed by atoms with Gasteiger partial charge in [0, 0.05) is 11.8 Å². The number of aryl methyl sites for hydroxylation is 1. The smallest absolute Gasteiger partial charge is 0.282 e. The number of benzene rings is 2. The summed E-state index contributed by atoms with van der Waals surface area (Å²) in [6, 6.07) is 18.4. The van der Waals surface area contributed by atoms with Gasteiger partial charge in [-0.05, 0) is 24.8 Å². The van der Waals surface area contributed by atoms with Crippen molar-refractivity contribution >= 4 is 22.0 Å². The molecule has 1 N–H and O–H groups in total. The van der Waals surface area contributed by atoms with E-state index in [0.717, 1.165) is 12.8 Å². The number of hydrogen-bond donors (Lipinski definition) is 1. The molecule has 1 heterocycles. The molecule has 0 fully saturated rings. The molecule has 0 amide bonds. The lowest BCUT2D eigenvalue weighted by Gasteiger charge is -2.19. The highest BCUT2D eigenvalue weighted by atomic mass is 32.2. The summed E-state index contributed by atoms with van der Waals surface area (Å²) < 4.78 is 33.6. The number of aliphatic imine (C=N–C) groups is 2. The van der Waals surface area contributed by atoms with Crippen molar-refractivity contribution in [3.63, 3.8) is 0 Å². The van der Waals surface area contributed by atoms with Crippen LogP contribution in [0.15, 0.2) is 70.6 Å². The topological polar surface area (TPSA) is 79.1 Å². The van der Waals surface area contributed by atoms with Gasteiger partial charge >= 0.3 is 15.1 Å². The first-order valence-electron chi connectivity index (χ1n) is 7.72. The first-order valence-corrected chi connectivity index (χ1v) is 9.16. The maximum Gasteiger partial charge on any atom is 0.317 e. The molecule has 5 nitrogen and oxygen atoms in total. The molecule has 2 aromatic rings. The first-order chi connectivity index (χ1) is 11.5. The first kappa shape index (κ1) is 16.5. The maximum atomic E-state index is 11.9. The summed E-state index contributed by atoms with van der Waals surface area (Å²) in [4.78, 5) is 6.34. The van der Waals surface area contributed by atoms with Gasteiger partial charge in [-0.2, -0.15) is 8.42 Å². The Morgan fingerprint density at radius 1 is 0.917 bits per heavy atom. The molecule has 24 heavy (non-hydrogen) atoms. The zero-order valence-electron chi connectivity index (χ0n) is 13.0. The van der Waals surface area contributed by atoms with Crippen LogP contribution in [0.25, 0.3) is 0 Å². The van der Waals surface area contributed by atoms with E-state index in [-0.39, 0.29) is 0 Å². The predicted molar refractivity (Wildman–Crippen MR) is 95.0 cm³/mol. The summed E-state index contributed by atoms with van der Waals surface area (Å²) in [6.07, 6.45) is 3.75. The normalized spacial score (nSPS) is 20.1. The largest absolute Gasteiger partial charge is 0.317 e. The van der Waals surface area contributed by atoms with Crippen LogP contribution < -0.4 is 0 Å². The average Bonchev–Trinajstić information content (AvgIpc) is 3.02. The van der Waals surface area contributed by atoms with E-state index in [1.54, 1.807) is 30.3 Å². The number of hydrogen-bond acceptors (Lipinski definition) is 4. The molecule has 0 spiro atoms. The molecule has 1 unspecified atom stereocenters. The monoisotopic (exact) mass is 342 g/mol. The van der Waals surface area contributed by atoms with Crippen LogP contribution in [0.5, 0.6) is 0 Å². The van der Waals surface area contributed by atoms with E-state index in [2.05, 4.69) is 22.1 Å². The third-order valence-electron chi connectivity index (χ3n) is 3.93. The van der Waals surface area contributed by atoms with Crippen molar-refractivity contribution in [3.8, 4) is 0 Å². The molecule has 0 aromatic heterocycles. The van der Waals surface area contributed by atoms with Crippen LogP contribution in [0, 0.1) is 0 Å². The molecule has 6 heteroatoms. The minimum absolute atomic E-state index is 0.335. The highest BCUT2D eigenvalue weighted by Gasteiger charge is 2.46. The summed E-state index contributed by atoms with van der Waals surface area (Å²) in [5, 5.41) is 0. The van der Waals surface area contributed by atoms with Crippen LogP contribution in [0.3, 0.4) is 0 Å². The highest BCUT2D eigenvalue weighted by molar-refractivity contribution is 7.86. The third-order valence-corrected chi connectivity index (χ3v) is 5.09. The Kier molecular flexibility index (Phi) is 4.59. The van der Waals surface area contributed by atoms with Crippen molar-refractivity contribution in [3.05, 3.63) is 71.8 Å². The van der Waals surface area contributed by atoms with E-state index in [1.807, 2.05) is 18.2 Å². The molecule has 1 aliphatic rings. The Balaban J connectivity index is 1.78. The van der Waals surface area contributed by atoms with Gasteiger partial charge in [0.1, 0.15) is 0 Å². The summed E-state index contributed by atoms with van der Waals surface area (Å²) in [7, 11) is -4.51. The van der Waals surface area contributed by atoms with Crippen LogP contribution in [0.2, 0.25) is 0 Å². The van der Waals surface area contributed by atoms with Crippen LogP contribution >= 0.6 is 0 Å². The van der Waals surface area contributed by atoms with Crippen LogP contribution in [0.4, 0.5) is 0 Å². The predicted octanol–water partition coefficient (Wildman–Crippen LogP) is 3.23. The van der Waals surface area contributed by atoms with Gasteiger partial charge in [-0.25, -0.2) is 9.98 Å². The Labute approximate surface area is 141 Å². The maximum absolute atomic E-state index is 11.9. The minimum atomic E-state index is -4.51. The van der Waals surface area contributed by atoms with Crippen molar-refractivity contribution in [1.29, 1.82) is 0 Å². The van der Waals surface area contributed by atoms with E-state index in [1.165, 1.54) is 11.8 Å². The Morgan fingerprint density at radius 2 is 1.54 bits per heavy atom. The quantitative estimate of drug-likeness (QED) is 0.819. The lowest BCUT2D eigenvalue weighted by molar-refractivity contribution is 0.437. The van der Waals surface area contributed by atoms with Crippen molar-refractivity contribution in [1.82, 2.24) is 0 Å². The van der Waals surface area contributed by atoms with E-state index in [9.17, 15) is 13.0 Å². The molecule has 0 radical (unpaired) electrons. The fourth-order valence-corrected chi connectivity index (χ4v) is 3.57. The second kappa shape index (κ2) is 6.67. The van der Waals surface area contributed by atoms with Gasteiger partial charge in [-0.3, -0.25) is 4.55 Å². The Bertz CT molecular complexity index is 862. The van der Waals surface area contributed by atoms with Crippen molar-refractivity contribution in [2.24, 2.45) is 9.98 Å². The van der Waals surface area contributed by atoms with E-state index < -0.39 is 15.1 Å².